The van der Waals surface area contributed by atoms with Crippen molar-refractivity contribution in [3.63, 3.8) is 0 Å². The van der Waals surface area contributed by atoms with Gasteiger partial charge in [0.05, 0.1) is 0 Å². The maximum atomic E-state index is 12.1. The van der Waals surface area contributed by atoms with Gasteiger partial charge in [0.25, 0.3) is 5.91 Å². The molecule has 1 saturated heterocycles. The Hall–Kier alpha value is -1.88. The lowest BCUT2D eigenvalue weighted by atomic mass is 10.1. The van der Waals surface area contributed by atoms with Crippen LogP contribution in [0.15, 0.2) is 24.3 Å². The van der Waals surface area contributed by atoms with Crippen molar-refractivity contribution in [1.29, 1.82) is 0 Å². The first-order valence-electron chi connectivity index (χ1n) is 9.59. The molecular formula is C20H29N3O2. The zero-order chi connectivity index (χ0) is 17.5. The smallest absolute Gasteiger partial charge is 0.251 e. The third-order valence-electron chi connectivity index (χ3n) is 5.02. The van der Waals surface area contributed by atoms with Gasteiger partial charge in [0, 0.05) is 24.6 Å². The van der Waals surface area contributed by atoms with Gasteiger partial charge in [-0.2, -0.15) is 0 Å². The van der Waals surface area contributed by atoms with Crippen LogP contribution in [0.2, 0.25) is 0 Å². The van der Waals surface area contributed by atoms with Gasteiger partial charge < -0.3 is 15.5 Å². The summed E-state index contributed by atoms with van der Waals surface area (Å²) in [4.78, 5) is 26.3. The molecule has 1 aliphatic carbocycles. The molecule has 2 aliphatic rings. The number of hydrogen-bond donors (Lipinski definition) is 2. The van der Waals surface area contributed by atoms with Crippen molar-refractivity contribution in [2.75, 3.05) is 26.2 Å². The number of unbranched alkanes of at least 4 members (excludes halogenated alkanes) is 1. The predicted molar refractivity (Wildman–Crippen MR) is 98.3 cm³/mol. The number of nitrogens with zero attached hydrogens (tertiary/aromatic N) is 1. The van der Waals surface area contributed by atoms with E-state index in [4.69, 9.17) is 0 Å². The Balaban J connectivity index is 1.31. The molecule has 3 rings (SSSR count). The zero-order valence-electron chi connectivity index (χ0n) is 14.9. The second-order valence-electron chi connectivity index (χ2n) is 7.20. The van der Waals surface area contributed by atoms with Crippen LogP contribution in [0.3, 0.4) is 0 Å². The highest BCUT2D eigenvalue weighted by Gasteiger charge is 2.29. The van der Waals surface area contributed by atoms with Crippen molar-refractivity contribution in [2.45, 2.75) is 45.1 Å². The highest BCUT2D eigenvalue weighted by molar-refractivity contribution is 5.94. The van der Waals surface area contributed by atoms with Crippen LogP contribution in [-0.2, 0) is 11.3 Å². The average molecular weight is 343 g/mol. The van der Waals surface area contributed by atoms with Gasteiger partial charge in [0.2, 0.25) is 5.91 Å². The van der Waals surface area contributed by atoms with Crippen molar-refractivity contribution in [2.24, 2.45) is 5.92 Å². The van der Waals surface area contributed by atoms with Crippen molar-refractivity contribution >= 4 is 11.8 Å². The Morgan fingerprint density at radius 2 is 1.72 bits per heavy atom. The van der Waals surface area contributed by atoms with Crippen LogP contribution in [0, 0.1) is 5.92 Å². The lowest BCUT2D eigenvalue weighted by Gasteiger charge is -2.14. The molecule has 1 aromatic carbocycles. The Labute approximate surface area is 150 Å². The number of hydrogen-bond acceptors (Lipinski definition) is 3. The highest BCUT2D eigenvalue weighted by atomic mass is 16.2. The Morgan fingerprint density at radius 1 is 1.00 bits per heavy atom. The number of carbonyl (C=O) groups is 2. The van der Waals surface area contributed by atoms with E-state index < -0.39 is 0 Å². The van der Waals surface area contributed by atoms with Crippen LogP contribution < -0.4 is 10.6 Å². The fourth-order valence-electron chi connectivity index (χ4n) is 3.22. The Kier molecular flexibility index (Phi) is 6.45. The molecule has 2 amide bonds. The molecule has 0 spiro atoms. The van der Waals surface area contributed by atoms with E-state index in [2.05, 4.69) is 15.5 Å². The van der Waals surface area contributed by atoms with Crippen molar-refractivity contribution in [3.05, 3.63) is 35.4 Å². The quantitative estimate of drug-likeness (QED) is 0.677. The molecule has 25 heavy (non-hydrogen) atoms. The minimum absolute atomic E-state index is 0.0188. The molecule has 0 bridgehead atoms. The van der Waals surface area contributed by atoms with Gasteiger partial charge in [-0.25, -0.2) is 0 Å². The van der Waals surface area contributed by atoms with Gasteiger partial charge in [0.1, 0.15) is 0 Å². The number of likely N-dealkylation sites (tertiary alicyclic amines) is 1. The SMILES string of the molecule is O=C(NCCCCN1CCCC1)c1ccc(CNC(=O)C2CC2)cc1. The summed E-state index contributed by atoms with van der Waals surface area (Å²) >= 11 is 0. The fraction of sp³-hybridized carbons (Fsp3) is 0.600. The van der Waals surface area contributed by atoms with E-state index in [0.29, 0.717) is 12.1 Å². The summed E-state index contributed by atoms with van der Waals surface area (Å²) in [6.45, 7) is 4.89. The number of amides is 2. The maximum absolute atomic E-state index is 12.1. The minimum atomic E-state index is -0.0188. The Bertz CT molecular complexity index is 575. The summed E-state index contributed by atoms with van der Waals surface area (Å²) in [6.07, 6.45) is 6.85. The molecule has 1 aromatic rings. The third-order valence-corrected chi connectivity index (χ3v) is 5.02. The topological polar surface area (TPSA) is 61.4 Å². The highest BCUT2D eigenvalue weighted by Crippen LogP contribution is 2.28. The van der Waals surface area contributed by atoms with E-state index in [-0.39, 0.29) is 17.7 Å². The summed E-state index contributed by atoms with van der Waals surface area (Å²) in [5.41, 5.74) is 1.70. The molecule has 1 heterocycles. The minimum Gasteiger partial charge on any atom is -0.352 e. The molecule has 2 fully saturated rings. The van der Waals surface area contributed by atoms with Gasteiger partial charge in [-0.15, -0.1) is 0 Å². The first kappa shape index (κ1) is 17.9. The predicted octanol–water partition coefficient (Wildman–Crippen LogP) is 2.32. The van der Waals surface area contributed by atoms with Crippen molar-refractivity contribution in [3.8, 4) is 0 Å². The van der Waals surface area contributed by atoms with E-state index in [0.717, 1.165) is 44.3 Å². The van der Waals surface area contributed by atoms with Crippen molar-refractivity contribution < 1.29 is 9.59 Å². The first-order chi connectivity index (χ1) is 12.2. The number of nitrogens with one attached hydrogen (secondary N) is 2. The number of benzene rings is 1. The van der Waals surface area contributed by atoms with Crippen LogP contribution in [-0.4, -0.2) is 42.9 Å². The van der Waals surface area contributed by atoms with Gasteiger partial charge >= 0.3 is 0 Å². The van der Waals surface area contributed by atoms with E-state index in [1.807, 2.05) is 24.3 Å². The lowest BCUT2D eigenvalue weighted by molar-refractivity contribution is -0.122. The van der Waals surface area contributed by atoms with Gasteiger partial charge in [-0.1, -0.05) is 12.1 Å². The summed E-state index contributed by atoms with van der Waals surface area (Å²) in [7, 11) is 0. The Morgan fingerprint density at radius 3 is 2.40 bits per heavy atom. The summed E-state index contributed by atoms with van der Waals surface area (Å²) in [5.74, 6) is 0.362. The molecule has 0 radical (unpaired) electrons. The summed E-state index contributed by atoms with van der Waals surface area (Å²) < 4.78 is 0. The van der Waals surface area contributed by atoms with E-state index >= 15 is 0 Å². The first-order valence-corrected chi connectivity index (χ1v) is 9.59. The number of rotatable bonds is 9. The second kappa shape index (κ2) is 8.99. The average Bonchev–Trinajstić information content (AvgIpc) is 3.36. The molecule has 1 saturated carbocycles. The van der Waals surface area contributed by atoms with E-state index in [1.54, 1.807) is 0 Å². The molecule has 5 nitrogen and oxygen atoms in total. The van der Waals surface area contributed by atoms with Crippen LogP contribution in [0.5, 0.6) is 0 Å². The second-order valence-corrected chi connectivity index (χ2v) is 7.20. The number of carbonyl (C=O) groups excluding carboxylic acids is 2. The van der Waals surface area contributed by atoms with Gasteiger partial charge in [-0.05, 0) is 75.9 Å². The van der Waals surface area contributed by atoms with Crippen molar-refractivity contribution in [1.82, 2.24) is 15.5 Å². The summed E-state index contributed by atoms with van der Waals surface area (Å²) in [6, 6.07) is 7.49. The molecule has 0 aromatic heterocycles. The third kappa shape index (κ3) is 5.85. The fourth-order valence-corrected chi connectivity index (χ4v) is 3.22. The van der Waals surface area contributed by atoms with Crippen LogP contribution in [0.25, 0.3) is 0 Å². The summed E-state index contributed by atoms with van der Waals surface area (Å²) in [5, 5.41) is 5.93. The molecule has 2 N–H and O–H groups in total. The molecule has 5 heteroatoms. The van der Waals surface area contributed by atoms with Crippen LogP contribution in [0.4, 0.5) is 0 Å². The van der Waals surface area contributed by atoms with Gasteiger partial charge in [0.15, 0.2) is 0 Å². The van der Waals surface area contributed by atoms with E-state index in [9.17, 15) is 9.59 Å². The maximum Gasteiger partial charge on any atom is 0.251 e. The monoisotopic (exact) mass is 343 g/mol. The standard InChI is InChI=1S/C20H29N3O2/c24-19(21-11-1-2-12-23-13-3-4-14-23)17-7-5-16(6-8-17)15-22-20(25)18-9-10-18/h5-8,18H,1-4,9-15H2,(H,21,24)(H,22,25). The zero-order valence-corrected chi connectivity index (χ0v) is 14.9. The molecule has 136 valence electrons. The molecular weight excluding hydrogens is 314 g/mol. The van der Waals surface area contributed by atoms with E-state index in [1.165, 1.54) is 25.9 Å². The molecule has 0 unspecified atom stereocenters. The lowest BCUT2D eigenvalue weighted by Crippen LogP contribution is -2.26. The van der Waals surface area contributed by atoms with Crippen LogP contribution in [0.1, 0.15) is 54.4 Å². The largest absolute Gasteiger partial charge is 0.352 e. The normalized spacial score (nSPS) is 17.4. The van der Waals surface area contributed by atoms with Crippen LogP contribution >= 0.6 is 0 Å². The molecule has 0 atom stereocenters. The molecule has 1 aliphatic heterocycles. The van der Waals surface area contributed by atoms with Gasteiger partial charge in [-0.3, -0.25) is 9.59 Å².